The van der Waals surface area contributed by atoms with Crippen LogP contribution in [-0.2, 0) is 10.0 Å². The third-order valence-electron chi connectivity index (χ3n) is 2.33. The summed E-state index contributed by atoms with van der Waals surface area (Å²) in [6, 6.07) is 0. The van der Waals surface area contributed by atoms with E-state index in [4.69, 9.17) is 0 Å². The minimum atomic E-state index is -2.97. The van der Waals surface area contributed by atoms with Crippen LogP contribution in [0.2, 0.25) is 0 Å². The summed E-state index contributed by atoms with van der Waals surface area (Å²) in [7, 11) is -1.50. The van der Waals surface area contributed by atoms with Gasteiger partial charge in [-0.1, -0.05) is 45.4 Å². The number of sulfonamides is 1. The Kier molecular flexibility index (Phi) is 8.18. The molecule has 0 bridgehead atoms. The second kappa shape index (κ2) is 8.24. The predicted molar refractivity (Wildman–Crippen MR) is 60.8 cm³/mol. The van der Waals surface area contributed by atoms with Crippen LogP contribution < -0.4 is 4.72 Å². The fourth-order valence-electron chi connectivity index (χ4n) is 1.35. The Hall–Kier alpha value is -0.0900. The summed E-state index contributed by atoms with van der Waals surface area (Å²) in [5, 5.41) is 0. The van der Waals surface area contributed by atoms with E-state index in [2.05, 4.69) is 11.6 Å². The van der Waals surface area contributed by atoms with Crippen LogP contribution in [-0.4, -0.2) is 21.2 Å². The molecule has 86 valence electrons. The van der Waals surface area contributed by atoms with Crippen LogP contribution in [0.1, 0.15) is 51.9 Å². The second-order valence-electron chi connectivity index (χ2n) is 3.64. The van der Waals surface area contributed by atoms with Crippen LogP contribution in [0, 0.1) is 0 Å². The van der Waals surface area contributed by atoms with Gasteiger partial charge in [-0.15, -0.1) is 0 Å². The van der Waals surface area contributed by atoms with Crippen LogP contribution in [0.4, 0.5) is 0 Å². The highest BCUT2D eigenvalue weighted by Gasteiger charge is 2.04. The van der Waals surface area contributed by atoms with E-state index in [1.807, 2.05) is 0 Å². The van der Waals surface area contributed by atoms with E-state index in [1.54, 1.807) is 0 Å². The topological polar surface area (TPSA) is 46.2 Å². The smallest absolute Gasteiger partial charge is 0.211 e. The molecule has 4 heteroatoms. The third kappa shape index (κ3) is 8.51. The lowest BCUT2D eigenvalue weighted by molar-refractivity contribution is 0.573. The van der Waals surface area contributed by atoms with Crippen molar-refractivity contribution in [2.24, 2.45) is 0 Å². The molecule has 0 aromatic heterocycles. The average Bonchev–Trinajstić information content (AvgIpc) is 2.16. The number of unbranched alkanes of at least 4 members (excludes halogenated alkanes) is 6. The van der Waals surface area contributed by atoms with Crippen molar-refractivity contribution in [3.63, 3.8) is 0 Å². The van der Waals surface area contributed by atoms with Gasteiger partial charge in [0.25, 0.3) is 0 Å². The molecular weight excluding hydrogens is 198 g/mol. The molecule has 0 aromatic carbocycles. The summed E-state index contributed by atoms with van der Waals surface area (Å²) in [5.41, 5.74) is 0. The summed E-state index contributed by atoms with van der Waals surface area (Å²) >= 11 is 0. The van der Waals surface area contributed by atoms with Gasteiger partial charge in [0, 0.05) is 0 Å². The standard InChI is InChI=1S/C10H23NO2S/c1-3-4-5-6-7-8-9-10-14(12,13)11-2/h11H,3-10H2,1-2H3. The summed E-state index contributed by atoms with van der Waals surface area (Å²) in [6.07, 6.45) is 8.07. The first-order valence-electron chi connectivity index (χ1n) is 5.53. The Bertz CT molecular complexity index is 212. The van der Waals surface area contributed by atoms with Gasteiger partial charge in [0.1, 0.15) is 0 Å². The lowest BCUT2D eigenvalue weighted by Crippen LogP contribution is -2.21. The van der Waals surface area contributed by atoms with Crippen LogP contribution in [0.3, 0.4) is 0 Å². The van der Waals surface area contributed by atoms with Gasteiger partial charge in [0.2, 0.25) is 10.0 Å². The van der Waals surface area contributed by atoms with Crippen molar-refractivity contribution >= 4 is 10.0 Å². The van der Waals surface area contributed by atoms with E-state index in [9.17, 15) is 8.42 Å². The Balaban J connectivity index is 3.22. The molecule has 0 spiro atoms. The zero-order chi connectivity index (χ0) is 10.9. The van der Waals surface area contributed by atoms with Gasteiger partial charge in [0.05, 0.1) is 5.75 Å². The molecule has 0 heterocycles. The second-order valence-corrected chi connectivity index (χ2v) is 5.69. The largest absolute Gasteiger partial charge is 0.218 e. The van der Waals surface area contributed by atoms with Crippen molar-refractivity contribution in [3.05, 3.63) is 0 Å². The maximum absolute atomic E-state index is 11.0. The van der Waals surface area contributed by atoms with Gasteiger partial charge >= 0.3 is 0 Å². The quantitative estimate of drug-likeness (QED) is 0.607. The van der Waals surface area contributed by atoms with Crippen LogP contribution in [0.5, 0.6) is 0 Å². The Labute approximate surface area is 88.3 Å². The summed E-state index contributed by atoms with van der Waals surface area (Å²) in [6.45, 7) is 2.19. The Morgan fingerprint density at radius 3 is 1.93 bits per heavy atom. The molecule has 0 aromatic rings. The molecule has 0 fully saturated rings. The lowest BCUT2D eigenvalue weighted by Gasteiger charge is -2.02. The molecule has 0 aliphatic carbocycles. The predicted octanol–water partition coefficient (Wildman–Crippen LogP) is 2.29. The maximum atomic E-state index is 11.0. The monoisotopic (exact) mass is 221 g/mol. The van der Waals surface area contributed by atoms with Gasteiger partial charge < -0.3 is 0 Å². The molecule has 0 aliphatic heterocycles. The Morgan fingerprint density at radius 1 is 0.929 bits per heavy atom. The first-order chi connectivity index (χ1) is 6.62. The van der Waals surface area contributed by atoms with E-state index >= 15 is 0 Å². The van der Waals surface area contributed by atoms with Gasteiger partial charge in [0.15, 0.2) is 0 Å². The summed E-state index contributed by atoms with van der Waals surface area (Å²) < 4.78 is 24.4. The Morgan fingerprint density at radius 2 is 1.43 bits per heavy atom. The van der Waals surface area contributed by atoms with Crippen molar-refractivity contribution in [1.29, 1.82) is 0 Å². The highest BCUT2D eigenvalue weighted by Crippen LogP contribution is 2.07. The minimum absolute atomic E-state index is 0.275. The van der Waals surface area contributed by atoms with Crippen molar-refractivity contribution in [3.8, 4) is 0 Å². The minimum Gasteiger partial charge on any atom is -0.218 e. The molecule has 0 unspecified atom stereocenters. The zero-order valence-corrected chi connectivity index (χ0v) is 10.2. The summed E-state index contributed by atoms with van der Waals surface area (Å²) in [4.78, 5) is 0. The van der Waals surface area contributed by atoms with Gasteiger partial charge in [-0.2, -0.15) is 0 Å². The number of rotatable bonds is 9. The summed E-state index contributed by atoms with van der Waals surface area (Å²) in [5.74, 6) is 0.275. The molecule has 0 atom stereocenters. The van der Waals surface area contributed by atoms with Crippen LogP contribution in [0.25, 0.3) is 0 Å². The molecule has 0 amide bonds. The average molecular weight is 221 g/mol. The van der Waals surface area contributed by atoms with Gasteiger partial charge in [-0.25, -0.2) is 13.1 Å². The van der Waals surface area contributed by atoms with E-state index in [1.165, 1.54) is 39.2 Å². The highest BCUT2D eigenvalue weighted by atomic mass is 32.2. The van der Waals surface area contributed by atoms with E-state index in [0.29, 0.717) is 0 Å². The molecular formula is C10H23NO2S. The molecule has 3 nitrogen and oxygen atoms in total. The van der Waals surface area contributed by atoms with Crippen LogP contribution >= 0.6 is 0 Å². The fourth-order valence-corrected chi connectivity index (χ4v) is 2.14. The zero-order valence-electron chi connectivity index (χ0n) is 9.38. The number of hydrogen-bond acceptors (Lipinski definition) is 2. The van der Waals surface area contributed by atoms with Crippen molar-refractivity contribution < 1.29 is 8.42 Å². The van der Waals surface area contributed by atoms with E-state index in [0.717, 1.165) is 12.8 Å². The number of hydrogen-bond donors (Lipinski definition) is 1. The molecule has 0 aliphatic rings. The van der Waals surface area contributed by atoms with Gasteiger partial charge in [-0.05, 0) is 13.5 Å². The van der Waals surface area contributed by atoms with Crippen molar-refractivity contribution in [2.45, 2.75) is 51.9 Å². The fraction of sp³-hybridized carbons (Fsp3) is 1.00. The number of nitrogens with one attached hydrogen (secondary N) is 1. The van der Waals surface area contributed by atoms with Crippen LogP contribution in [0.15, 0.2) is 0 Å². The maximum Gasteiger partial charge on any atom is 0.211 e. The van der Waals surface area contributed by atoms with Crippen molar-refractivity contribution in [2.75, 3.05) is 12.8 Å². The normalized spacial score (nSPS) is 11.9. The van der Waals surface area contributed by atoms with Crippen molar-refractivity contribution in [1.82, 2.24) is 4.72 Å². The van der Waals surface area contributed by atoms with E-state index in [-0.39, 0.29) is 5.75 Å². The SMILES string of the molecule is CCCCCCCCCS(=O)(=O)NC. The third-order valence-corrected chi connectivity index (χ3v) is 3.78. The van der Waals surface area contributed by atoms with Gasteiger partial charge in [-0.3, -0.25) is 0 Å². The molecule has 1 N–H and O–H groups in total. The highest BCUT2D eigenvalue weighted by molar-refractivity contribution is 7.89. The molecule has 0 rings (SSSR count). The first-order valence-corrected chi connectivity index (χ1v) is 7.19. The molecule has 0 saturated carbocycles. The molecule has 0 radical (unpaired) electrons. The molecule has 0 saturated heterocycles. The lowest BCUT2D eigenvalue weighted by atomic mass is 10.1. The van der Waals surface area contributed by atoms with E-state index < -0.39 is 10.0 Å². The molecule has 14 heavy (non-hydrogen) atoms. The first kappa shape index (κ1) is 13.9.